The number of para-hydroxylation sites is 1. The molecule has 110 valence electrons. The predicted molar refractivity (Wildman–Crippen MR) is 75.9 cm³/mol. The summed E-state index contributed by atoms with van der Waals surface area (Å²) >= 11 is 0. The number of nitrogens with zero attached hydrogens (tertiary/aromatic N) is 2. The fourth-order valence-corrected chi connectivity index (χ4v) is 1.57. The number of halogens is 1. The van der Waals surface area contributed by atoms with Gasteiger partial charge in [0.2, 0.25) is 0 Å². The van der Waals surface area contributed by atoms with Crippen molar-refractivity contribution >= 4 is 17.4 Å². The second-order valence-corrected chi connectivity index (χ2v) is 4.14. The minimum Gasteiger partial charge on any atom is -0.383 e. The molecule has 1 aromatic heterocycles. The minimum absolute atomic E-state index is 0.185. The molecule has 0 spiro atoms. The average Bonchev–Trinajstić information content (AvgIpc) is 2.50. The molecule has 1 amide bonds. The van der Waals surface area contributed by atoms with Gasteiger partial charge in [0.05, 0.1) is 24.7 Å². The first kappa shape index (κ1) is 14.9. The van der Waals surface area contributed by atoms with Crippen molar-refractivity contribution in [2.24, 2.45) is 0 Å². The minimum atomic E-state index is -0.388. The van der Waals surface area contributed by atoms with E-state index < -0.39 is 0 Å². The highest BCUT2D eigenvalue weighted by atomic mass is 19.1. The number of carbonyl (C=O) groups is 1. The lowest BCUT2D eigenvalue weighted by molar-refractivity contribution is 0.0932. The van der Waals surface area contributed by atoms with Crippen molar-refractivity contribution in [1.82, 2.24) is 15.3 Å². The van der Waals surface area contributed by atoms with Gasteiger partial charge in [-0.1, -0.05) is 12.1 Å². The van der Waals surface area contributed by atoms with Gasteiger partial charge in [0.15, 0.2) is 0 Å². The van der Waals surface area contributed by atoms with Crippen LogP contribution in [0.15, 0.2) is 36.7 Å². The lowest BCUT2D eigenvalue weighted by atomic mass is 10.3. The Morgan fingerprint density at radius 2 is 2.10 bits per heavy atom. The van der Waals surface area contributed by atoms with Crippen molar-refractivity contribution < 1.29 is 13.9 Å². The summed E-state index contributed by atoms with van der Waals surface area (Å²) in [6.45, 7) is 0.818. The molecule has 0 bridgehead atoms. The van der Waals surface area contributed by atoms with Crippen LogP contribution in [0.1, 0.15) is 10.5 Å². The van der Waals surface area contributed by atoms with Crippen molar-refractivity contribution in [1.29, 1.82) is 0 Å². The fourth-order valence-electron chi connectivity index (χ4n) is 1.57. The first-order valence-corrected chi connectivity index (χ1v) is 6.31. The van der Waals surface area contributed by atoms with Crippen LogP contribution in [0.2, 0.25) is 0 Å². The molecule has 21 heavy (non-hydrogen) atoms. The number of rotatable bonds is 6. The Kier molecular flexibility index (Phi) is 5.16. The van der Waals surface area contributed by atoms with E-state index in [1.807, 2.05) is 0 Å². The molecule has 7 heteroatoms. The van der Waals surface area contributed by atoms with Crippen LogP contribution in [0.4, 0.5) is 15.9 Å². The zero-order valence-corrected chi connectivity index (χ0v) is 11.5. The lowest BCUT2D eigenvalue weighted by Gasteiger charge is -2.07. The van der Waals surface area contributed by atoms with Crippen LogP contribution in [-0.2, 0) is 4.74 Å². The Balaban J connectivity index is 1.99. The molecule has 1 aromatic carbocycles. The second kappa shape index (κ2) is 7.30. The Hall–Kier alpha value is -2.54. The molecular formula is C14H15FN4O2. The smallest absolute Gasteiger partial charge is 0.271 e. The highest BCUT2D eigenvalue weighted by molar-refractivity contribution is 5.92. The molecule has 0 aliphatic carbocycles. The molecule has 0 fully saturated rings. The molecular weight excluding hydrogens is 275 g/mol. The molecule has 0 atom stereocenters. The quantitative estimate of drug-likeness (QED) is 0.792. The third-order valence-electron chi connectivity index (χ3n) is 2.61. The van der Waals surface area contributed by atoms with Gasteiger partial charge in [0.25, 0.3) is 5.91 Å². The monoisotopic (exact) mass is 290 g/mol. The Bertz CT molecular complexity index is 604. The number of hydrogen-bond acceptors (Lipinski definition) is 5. The SMILES string of the molecule is COCCNC(=O)c1cnc(Nc2ccccc2F)cn1. The highest BCUT2D eigenvalue weighted by Gasteiger charge is 2.08. The maximum absolute atomic E-state index is 13.5. The lowest BCUT2D eigenvalue weighted by Crippen LogP contribution is -2.27. The summed E-state index contributed by atoms with van der Waals surface area (Å²) in [6.07, 6.45) is 2.70. The first-order chi connectivity index (χ1) is 10.2. The van der Waals surface area contributed by atoms with Gasteiger partial charge in [0.1, 0.15) is 17.3 Å². The fraction of sp³-hybridized carbons (Fsp3) is 0.214. The van der Waals surface area contributed by atoms with Crippen LogP contribution in [0.25, 0.3) is 0 Å². The van der Waals surface area contributed by atoms with Crippen molar-refractivity contribution in [3.05, 3.63) is 48.2 Å². The van der Waals surface area contributed by atoms with Crippen LogP contribution in [0.5, 0.6) is 0 Å². The number of amides is 1. The molecule has 0 unspecified atom stereocenters. The van der Waals surface area contributed by atoms with E-state index in [4.69, 9.17) is 4.74 Å². The zero-order chi connectivity index (χ0) is 15.1. The normalized spacial score (nSPS) is 10.2. The van der Waals surface area contributed by atoms with Crippen LogP contribution in [-0.4, -0.2) is 36.1 Å². The molecule has 2 rings (SSSR count). The van der Waals surface area contributed by atoms with Gasteiger partial charge in [-0.05, 0) is 12.1 Å². The summed E-state index contributed by atoms with van der Waals surface area (Å²) in [4.78, 5) is 19.7. The predicted octanol–water partition coefficient (Wildman–Crippen LogP) is 1.74. The van der Waals surface area contributed by atoms with Crippen molar-refractivity contribution in [2.75, 3.05) is 25.6 Å². The molecule has 6 nitrogen and oxygen atoms in total. The van der Waals surface area contributed by atoms with E-state index >= 15 is 0 Å². The third kappa shape index (κ3) is 4.22. The number of aromatic nitrogens is 2. The molecule has 2 aromatic rings. The Labute approximate surface area is 121 Å². The number of carbonyl (C=O) groups excluding carboxylic acids is 1. The van der Waals surface area contributed by atoms with Crippen molar-refractivity contribution in [3.8, 4) is 0 Å². The molecule has 2 N–H and O–H groups in total. The van der Waals surface area contributed by atoms with Gasteiger partial charge in [0, 0.05) is 13.7 Å². The van der Waals surface area contributed by atoms with Gasteiger partial charge < -0.3 is 15.4 Å². The third-order valence-corrected chi connectivity index (χ3v) is 2.61. The summed E-state index contributed by atoms with van der Waals surface area (Å²) in [5.41, 5.74) is 0.481. The van der Waals surface area contributed by atoms with Crippen molar-refractivity contribution in [2.45, 2.75) is 0 Å². The van der Waals surface area contributed by atoms with Gasteiger partial charge in [-0.25, -0.2) is 14.4 Å². The standard InChI is InChI=1S/C14H15FN4O2/c1-21-7-6-16-14(20)12-8-18-13(9-17-12)19-11-5-3-2-4-10(11)15/h2-5,8-9H,6-7H2,1H3,(H,16,20)(H,18,19). The average molecular weight is 290 g/mol. The number of nitrogens with one attached hydrogen (secondary N) is 2. The topological polar surface area (TPSA) is 76.1 Å². The van der Waals surface area contributed by atoms with Crippen LogP contribution >= 0.6 is 0 Å². The van der Waals surface area contributed by atoms with Crippen molar-refractivity contribution in [3.63, 3.8) is 0 Å². The maximum Gasteiger partial charge on any atom is 0.271 e. The summed E-state index contributed by atoms with van der Waals surface area (Å²) in [5.74, 6) is -0.369. The van der Waals surface area contributed by atoms with E-state index in [0.29, 0.717) is 24.7 Å². The summed E-state index contributed by atoms with van der Waals surface area (Å²) in [5, 5.41) is 5.42. The van der Waals surface area contributed by atoms with E-state index in [2.05, 4.69) is 20.6 Å². The van der Waals surface area contributed by atoms with E-state index in [0.717, 1.165) is 0 Å². The van der Waals surface area contributed by atoms with E-state index in [9.17, 15) is 9.18 Å². The largest absolute Gasteiger partial charge is 0.383 e. The molecule has 0 aliphatic heterocycles. The van der Waals surface area contributed by atoms with E-state index in [1.165, 1.54) is 18.5 Å². The van der Waals surface area contributed by atoms with E-state index in [1.54, 1.807) is 25.3 Å². The number of benzene rings is 1. The zero-order valence-electron chi connectivity index (χ0n) is 11.5. The van der Waals surface area contributed by atoms with Crippen LogP contribution < -0.4 is 10.6 Å². The molecule has 0 saturated carbocycles. The van der Waals surface area contributed by atoms with Gasteiger partial charge in [-0.15, -0.1) is 0 Å². The maximum atomic E-state index is 13.5. The van der Waals surface area contributed by atoms with Crippen LogP contribution in [0, 0.1) is 5.82 Å². The Morgan fingerprint density at radius 3 is 2.76 bits per heavy atom. The molecule has 1 heterocycles. The number of anilines is 2. The summed E-state index contributed by atoms with van der Waals surface area (Å²) in [6, 6.07) is 6.23. The van der Waals surface area contributed by atoms with Gasteiger partial charge in [-0.2, -0.15) is 0 Å². The summed E-state index contributed by atoms with van der Waals surface area (Å²) in [7, 11) is 1.55. The molecule has 0 radical (unpaired) electrons. The van der Waals surface area contributed by atoms with E-state index in [-0.39, 0.29) is 17.4 Å². The summed E-state index contributed by atoms with van der Waals surface area (Å²) < 4.78 is 18.3. The Morgan fingerprint density at radius 1 is 1.29 bits per heavy atom. The number of hydrogen-bond donors (Lipinski definition) is 2. The van der Waals surface area contributed by atoms with Crippen LogP contribution in [0.3, 0.4) is 0 Å². The molecule has 0 aliphatic rings. The number of ether oxygens (including phenoxy) is 1. The highest BCUT2D eigenvalue weighted by Crippen LogP contribution is 2.17. The van der Waals surface area contributed by atoms with Gasteiger partial charge >= 0.3 is 0 Å². The second-order valence-electron chi connectivity index (χ2n) is 4.14. The molecule has 0 saturated heterocycles. The van der Waals surface area contributed by atoms with Gasteiger partial charge in [-0.3, -0.25) is 4.79 Å². The first-order valence-electron chi connectivity index (χ1n) is 6.31. The number of methoxy groups -OCH3 is 1.